The molecule has 1 aromatic heterocycles. The number of amides is 1. The standard InChI is InChI=1S/C24H27N5O3/c1-3-31-21-13-12-17(15-22(21)32-4-2)24(30)27-14-8-11-20-19(16-25)23(26)29(28-20)18-9-6-5-7-10-18/h5-7,9-10,12-13,15H,3-4,8,11,14,26H2,1-2H3,(H,27,30). The third kappa shape index (κ3) is 5.19. The normalized spacial score (nSPS) is 10.4. The van der Waals surface area contributed by atoms with Crippen molar-refractivity contribution in [2.75, 3.05) is 25.5 Å². The second kappa shape index (κ2) is 10.9. The molecule has 0 fully saturated rings. The molecule has 0 aliphatic heterocycles. The summed E-state index contributed by atoms with van der Waals surface area (Å²) in [7, 11) is 0. The average molecular weight is 434 g/mol. The topological polar surface area (TPSA) is 115 Å². The molecule has 0 saturated heterocycles. The summed E-state index contributed by atoms with van der Waals surface area (Å²) >= 11 is 0. The molecule has 0 aliphatic rings. The molecule has 1 amide bonds. The van der Waals surface area contributed by atoms with Crippen LogP contribution in [0.5, 0.6) is 11.5 Å². The number of para-hydroxylation sites is 1. The molecule has 0 atom stereocenters. The quantitative estimate of drug-likeness (QED) is 0.473. The van der Waals surface area contributed by atoms with Crippen molar-refractivity contribution in [2.24, 2.45) is 0 Å². The van der Waals surface area contributed by atoms with E-state index in [-0.39, 0.29) is 5.91 Å². The lowest BCUT2D eigenvalue weighted by atomic mass is 10.1. The van der Waals surface area contributed by atoms with Gasteiger partial charge in [0.25, 0.3) is 5.91 Å². The van der Waals surface area contributed by atoms with Crippen LogP contribution in [0.4, 0.5) is 5.82 Å². The van der Waals surface area contributed by atoms with E-state index in [1.54, 1.807) is 22.9 Å². The van der Waals surface area contributed by atoms with Crippen LogP contribution in [0.15, 0.2) is 48.5 Å². The van der Waals surface area contributed by atoms with E-state index in [1.165, 1.54) is 0 Å². The Morgan fingerprint density at radius 2 is 1.84 bits per heavy atom. The molecule has 166 valence electrons. The number of benzene rings is 2. The van der Waals surface area contributed by atoms with Crippen LogP contribution in [0.1, 0.15) is 41.9 Å². The van der Waals surface area contributed by atoms with Crippen molar-refractivity contribution >= 4 is 11.7 Å². The summed E-state index contributed by atoms with van der Waals surface area (Å²) in [5.41, 5.74) is 8.40. The molecule has 32 heavy (non-hydrogen) atoms. The molecule has 0 spiro atoms. The van der Waals surface area contributed by atoms with Gasteiger partial charge < -0.3 is 20.5 Å². The second-order valence-electron chi connectivity index (χ2n) is 6.95. The van der Waals surface area contributed by atoms with Gasteiger partial charge >= 0.3 is 0 Å². The monoisotopic (exact) mass is 433 g/mol. The van der Waals surface area contributed by atoms with E-state index in [2.05, 4.69) is 16.5 Å². The molecular formula is C24H27N5O3. The van der Waals surface area contributed by atoms with Gasteiger partial charge in [0.05, 0.1) is 24.6 Å². The number of aromatic nitrogens is 2. The Morgan fingerprint density at radius 1 is 1.12 bits per heavy atom. The molecule has 2 aromatic carbocycles. The highest BCUT2D eigenvalue weighted by Gasteiger charge is 2.16. The lowest BCUT2D eigenvalue weighted by molar-refractivity contribution is 0.0952. The number of nitriles is 1. The number of carbonyl (C=O) groups excluding carboxylic acids is 1. The van der Waals surface area contributed by atoms with Crippen molar-refractivity contribution in [1.29, 1.82) is 5.26 Å². The Morgan fingerprint density at radius 3 is 2.53 bits per heavy atom. The average Bonchev–Trinajstić information content (AvgIpc) is 3.13. The molecule has 0 radical (unpaired) electrons. The van der Waals surface area contributed by atoms with Crippen LogP contribution in [-0.4, -0.2) is 35.4 Å². The molecule has 0 bridgehead atoms. The molecule has 3 N–H and O–H groups in total. The number of hydrogen-bond donors (Lipinski definition) is 2. The number of rotatable bonds is 10. The largest absolute Gasteiger partial charge is 0.490 e. The van der Waals surface area contributed by atoms with Gasteiger partial charge in [-0.25, -0.2) is 4.68 Å². The van der Waals surface area contributed by atoms with Crippen molar-refractivity contribution < 1.29 is 14.3 Å². The number of nitrogens with one attached hydrogen (secondary N) is 1. The molecule has 3 rings (SSSR count). The van der Waals surface area contributed by atoms with Gasteiger partial charge in [0.15, 0.2) is 11.5 Å². The summed E-state index contributed by atoms with van der Waals surface area (Å²) < 4.78 is 12.7. The first kappa shape index (κ1) is 22.7. The number of aryl methyl sites for hydroxylation is 1. The SMILES string of the molecule is CCOc1ccc(C(=O)NCCCc2nn(-c3ccccc3)c(N)c2C#N)cc1OCC. The smallest absolute Gasteiger partial charge is 0.251 e. The fourth-order valence-corrected chi connectivity index (χ4v) is 3.29. The first-order chi connectivity index (χ1) is 15.6. The molecule has 0 unspecified atom stereocenters. The zero-order valence-corrected chi connectivity index (χ0v) is 18.3. The first-order valence-electron chi connectivity index (χ1n) is 10.6. The Kier molecular flexibility index (Phi) is 7.70. The highest BCUT2D eigenvalue weighted by Crippen LogP contribution is 2.28. The predicted molar refractivity (Wildman–Crippen MR) is 122 cm³/mol. The molecule has 8 nitrogen and oxygen atoms in total. The number of nitrogens with zero attached hydrogens (tertiary/aromatic N) is 3. The number of ether oxygens (including phenoxy) is 2. The fraction of sp³-hybridized carbons (Fsp3) is 0.292. The molecule has 8 heteroatoms. The minimum Gasteiger partial charge on any atom is -0.490 e. The van der Waals surface area contributed by atoms with Gasteiger partial charge in [0.2, 0.25) is 0 Å². The summed E-state index contributed by atoms with van der Waals surface area (Å²) in [6.07, 6.45) is 1.13. The summed E-state index contributed by atoms with van der Waals surface area (Å²) in [5.74, 6) is 1.27. The van der Waals surface area contributed by atoms with E-state index < -0.39 is 0 Å². The van der Waals surface area contributed by atoms with Crippen LogP contribution < -0.4 is 20.5 Å². The van der Waals surface area contributed by atoms with Crippen molar-refractivity contribution in [3.63, 3.8) is 0 Å². The van der Waals surface area contributed by atoms with Crippen molar-refractivity contribution in [3.8, 4) is 23.3 Å². The highest BCUT2D eigenvalue weighted by atomic mass is 16.5. The number of anilines is 1. The van der Waals surface area contributed by atoms with E-state index in [0.717, 1.165) is 5.69 Å². The maximum absolute atomic E-state index is 12.5. The van der Waals surface area contributed by atoms with E-state index in [0.29, 0.717) is 66.7 Å². The van der Waals surface area contributed by atoms with Crippen LogP contribution in [-0.2, 0) is 6.42 Å². The van der Waals surface area contributed by atoms with Gasteiger partial charge in [-0.3, -0.25) is 4.79 Å². The molecule has 0 aliphatic carbocycles. The van der Waals surface area contributed by atoms with Crippen molar-refractivity contribution in [1.82, 2.24) is 15.1 Å². The number of nitrogen functional groups attached to an aromatic ring is 1. The van der Waals surface area contributed by atoms with Gasteiger partial charge in [-0.1, -0.05) is 18.2 Å². The van der Waals surface area contributed by atoms with Gasteiger partial charge in [0, 0.05) is 12.1 Å². The number of hydrogen-bond acceptors (Lipinski definition) is 6. The van der Waals surface area contributed by atoms with Crippen molar-refractivity contribution in [3.05, 3.63) is 65.4 Å². The Balaban J connectivity index is 1.61. The van der Waals surface area contributed by atoms with Crippen LogP contribution in [0.2, 0.25) is 0 Å². The van der Waals surface area contributed by atoms with Crippen LogP contribution in [0.3, 0.4) is 0 Å². The molecule has 0 saturated carbocycles. The maximum Gasteiger partial charge on any atom is 0.251 e. The summed E-state index contributed by atoms with van der Waals surface area (Å²) in [6, 6.07) is 16.7. The highest BCUT2D eigenvalue weighted by molar-refractivity contribution is 5.94. The van der Waals surface area contributed by atoms with E-state index in [1.807, 2.05) is 44.2 Å². The Hall–Kier alpha value is -3.99. The lowest BCUT2D eigenvalue weighted by Gasteiger charge is -2.12. The Bertz CT molecular complexity index is 1100. The summed E-state index contributed by atoms with van der Waals surface area (Å²) in [5, 5.41) is 16.9. The first-order valence-corrected chi connectivity index (χ1v) is 10.6. The van der Waals surface area contributed by atoms with Gasteiger partial charge in [0.1, 0.15) is 17.5 Å². The third-order valence-electron chi connectivity index (χ3n) is 4.79. The lowest BCUT2D eigenvalue weighted by Crippen LogP contribution is -2.25. The van der Waals surface area contributed by atoms with Gasteiger partial charge in [-0.15, -0.1) is 0 Å². The summed E-state index contributed by atoms with van der Waals surface area (Å²) in [4.78, 5) is 12.5. The van der Waals surface area contributed by atoms with E-state index in [4.69, 9.17) is 15.2 Å². The maximum atomic E-state index is 12.5. The van der Waals surface area contributed by atoms with Crippen LogP contribution in [0, 0.1) is 11.3 Å². The number of nitrogens with two attached hydrogens (primary N) is 1. The van der Waals surface area contributed by atoms with Gasteiger partial charge in [-0.05, 0) is 57.0 Å². The minimum atomic E-state index is -0.205. The van der Waals surface area contributed by atoms with E-state index in [9.17, 15) is 10.1 Å². The number of carbonyl (C=O) groups is 1. The predicted octanol–water partition coefficient (Wildman–Crippen LogP) is 3.49. The molecule has 3 aromatic rings. The summed E-state index contributed by atoms with van der Waals surface area (Å²) in [6.45, 7) is 5.19. The van der Waals surface area contributed by atoms with Crippen molar-refractivity contribution in [2.45, 2.75) is 26.7 Å². The zero-order valence-electron chi connectivity index (χ0n) is 18.3. The van der Waals surface area contributed by atoms with E-state index >= 15 is 0 Å². The van der Waals surface area contributed by atoms with Crippen LogP contribution >= 0.6 is 0 Å². The third-order valence-corrected chi connectivity index (χ3v) is 4.79. The second-order valence-corrected chi connectivity index (χ2v) is 6.95. The van der Waals surface area contributed by atoms with Gasteiger partial charge in [-0.2, -0.15) is 10.4 Å². The zero-order chi connectivity index (χ0) is 22.9. The minimum absolute atomic E-state index is 0.205. The van der Waals surface area contributed by atoms with Crippen LogP contribution in [0.25, 0.3) is 5.69 Å². The fourth-order valence-electron chi connectivity index (χ4n) is 3.29. The Labute approximate surface area is 187 Å². The molecule has 1 heterocycles. The molecular weight excluding hydrogens is 406 g/mol.